The van der Waals surface area contributed by atoms with Crippen LogP contribution in [-0.4, -0.2) is 31.6 Å². The van der Waals surface area contributed by atoms with Crippen LogP contribution in [0.3, 0.4) is 0 Å². The van der Waals surface area contributed by atoms with Gasteiger partial charge < -0.3 is 5.32 Å². The minimum atomic E-state index is -2.39. The van der Waals surface area contributed by atoms with Gasteiger partial charge in [-0.2, -0.15) is 0 Å². The van der Waals surface area contributed by atoms with E-state index < -0.39 is 6.43 Å². The number of halogens is 2. The number of rotatable bonds is 5. The van der Waals surface area contributed by atoms with Crippen molar-refractivity contribution < 1.29 is 8.78 Å². The molecule has 2 nitrogen and oxygen atoms in total. The molecule has 0 amide bonds. The van der Waals surface area contributed by atoms with Gasteiger partial charge in [-0.05, 0) is 51.0 Å². The number of nitrogens with zero attached hydrogens (tertiary/aromatic N) is 1. The molecule has 4 heteroatoms. The van der Waals surface area contributed by atoms with Crippen LogP contribution >= 0.6 is 0 Å². The van der Waals surface area contributed by atoms with Gasteiger partial charge in [0.15, 0.2) is 0 Å². The van der Waals surface area contributed by atoms with Crippen molar-refractivity contribution >= 4 is 0 Å². The van der Waals surface area contributed by atoms with Crippen molar-refractivity contribution in [1.82, 2.24) is 10.2 Å². The van der Waals surface area contributed by atoms with Crippen molar-refractivity contribution in [3.63, 3.8) is 0 Å². The van der Waals surface area contributed by atoms with E-state index in [1.165, 1.54) is 24.8 Å². The fourth-order valence-corrected chi connectivity index (χ4v) is 3.47. The lowest BCUT2D eigenvalue weighted by Gasteiger charge is -2.35. The lowest BCUT2D eigenvalue weighted by atomic mass is 9.88. The first-order valence-corrected chi connectivity index (χ1v) is 7.94. The van der Waals surface area contributed by atoms with Gasteiger partial charge in [0, 0.05) is 11.6 Å². The van der Waals surface area contributed by atoms with E-state index in [9.17, 15) is 8.78 Å². The average Bonchev–Trinajstić information content (AvgIpc) is 2.70. The van der Waals surface area contributed by atoms with E-state index in [4.69, 9.17) is 0 Å². The van der Waals surface area contributed by atoms with E-state index in [1.807, 2.05) is 19.2 Å². The maximum Gasteiger partial charge on any atom is 0.263 e. The van der Waals surface area contributed by atoms with Crippen LogP contribution < -0.4 is 5.32 Å². The van der Waals surface area contributed by atoms with Crippen LogP contribution in [0.2, 0.25) is 0 Å². The lowest BCUT2D eigenvalue weighted by Crippen LogP contribution is -2.36. The third kappa shape index (κ3) is 4.01. The zero-order valence-corrected chi connectivity index (χ0v) is 13.0. The lowest BCUT2D eigenvalue weighted by molar-refractivity contribution is 0.150. The summed E-state index contributed by atoms with van der Waals surface area (Å²) >= 11 is 0. The summed E-state index contributed by atoms with van der Waals surface area (Å²) in [4.78, 5) is 2.49. The van der Waals surface area contributed by atoms with Gasteiger partial charge in [-0.25, -0.2) is 8.78 Å². The summed E-state index contributed by atoms with van der Waals surface area (Å²) in [7, 11) is 1.98. The molecule has 2 atom stereocenters. The van der Waals surface area contributed by atoms with Crippen LogP contribution in [0.4, 0.5) is 8.78 Å². The van der Waals surface area contributed by atoms with Crippen molar-refractivity contribution in [3.05, 3.63) is 35.4 Å². The van der Waals surface area contributed by atoms with E-state index in [2.05, 4.69) is 17.1 Å². The van der Waals surface area contributed by atoms with E-state index in [0.717, 1.165) is 19.6 Å². The molecule has 1 fully saturated rings. The zero-order chi connectivity index (χ0) is 15.2. The highest BCUT2D eigenvalue weighted by atomic mass is 19.3. The van der Waals surface area contributed by atoms with Gasteiger partial charge in [0.1, 0.15) is 0 Å². The van der Waals surface area contributed by atoms with E-state index >= 15 is 0 Å². The van der Waals surface area contributed by atoms with Gasteiger partial charge in [0.2, 0.25) is 0 Å². The SMILES string of the molecule is CCN1CCCCC(CNC)C1c1ccc(C(F)F)cc1. The minimum absolute atomic E-state index is 0.112. The van der Waals surface area contributed by atoms with Crippen molar-refractivity contribution in [2.24, 2.45) is 5.92 Å². The molecule has 0 aliphatic carbocycles. The number of benzene rings is 1. The molecule has 1 aliphatic rings. The molecule has 118 valence electrons. The number of likely N-dealkylation sites (tertiary alicyclic amines) is 1. The Morgan fingerprint density at radius 2 is 1.95 bits per heavy atom. The first-order valence-electron chi connectivity index (χ1n) is 7.94. The predicted molar refractivity (Wildman–Crippen MR) is 82.7 cm³/mol. The topological polar surface area (TPSA) is 15.3 Å². The number of alkyl halides is 2. The maximum atomic E-state index is 12.7. The Balaban J connectivity index is 2.27. The number of hydrogen-bond donors (Lipinski definition) is 1. The molecule has 1 aromatic rings. The molecular formula is C17H26F2N2. The van der Waals surface area contributed by atoms with Crippen molar-refractivity contribution in [2.45, 2.75) is 38.7 Å². The normalized spacial score (nSPS) is 24.2. The Morgan fingerprint density at radius 3 is 2.52 bits per heavy atom. The molecular weight excluding hydrogens is 270 g/mol. The highest BCUT2D eigenvalue weighted by Gasteiger charge is 2.29. The molecule has 21 heavy (non-hydrogen) atoms. The molecule has 1 aromatic carbocycles. The zero-order valence-electron chi connectivity index (χ0n) is 13.0. The number of nitrogens with one attached hydrogen (secondary N) is 1. The number of hydrogen-bond acceptors (Lipinski definition) is 2. The monoisotopic (exact) mass is 296 g/mol. The Bertz CT molecular complexity index is 419. The van der Waals surface area contributed by atoms with Gasteiger partial charge in [-0.15, -0.1) is 0 Å². The highest BCUT2D eigenvalue weighted by Crippen LogP contribution is 2.35. The van der Waals surface area contributed by atoms with Crippen LogP contribution in [0.1, 0.15) is 49.8 Å². The van der Waals surface area contributed by atoms with Crippen LogP contribution in [-0.2, 0) is 0 Å². The Kier molecular flexibility index (Phi) is 6.12. The molecule has 0 bridgehead atoms. The van der Waals surface area contributed by atoms with Crippen molar-refractivity contribution in [3.8, 4) is 0 Å². The molecule has 0 radical (unpaired) electrons. The second kappa shape index (κ2) is 7.85. The van der Waals surface area contributed by atoms with Crippen LogP contribution in [0, 0.1) is 5.92 Å². The molecule has 1 heterocycles. The summed E-state index contributed by atoms with van der Waals surface area (Å²) < 4.78 is 25.5. The fraction of sp³-hybridized carbons (Fsp3) is 0.647. The highest BCUT2D eigenvalue weighted by molar-refractivity contribution is 5.26. The van der Waals surface area contributed by atoms with Crippen LogP contribution in [0.25, 0.3) is 0 Å². The second-order valence-electron chi connectivity index (χ2n) is 5.85. The minimum Gasteiger partial charge on any atom is -0.319 e. The largest absolute Gasteiger partial charge is 0.319 e. The predicted octanol–water partition coefficient (Wildman–Crippen LogP) is 4.01. The second-order valence-corrected chi connectivity index (χ2v) is 5.85. The van der Waals surface area contributed by atoms with E-state index in [-0.39, 0.29) is 5.56 Å². The Labute approximate surface area is 126 Å². The van der Waals surface area contributed by atoms with Gasteiger partial charge in [0.05, 0.1) is 0 Å². The quantitative estimate of drug-likeness (QED) is 0.883. The summed E-state index contributed by atoms with van der Waals surface area (Å²) in [5.74, 6) is 0.537. The molecule has 1 aliphatic heterocycles. The Hall–Kier alpha value is -1.00. The van der Waals surface area contributed by atoms with Crippen LogP contribution in [0.5, 0.6) is 0 Å². The van der Waals surface area contributed by atoms with Gasteiger partial charge in [-0.3, -0.25) is 4.90 Å². The van der Waals surface area contributed by atoms with Crippen molar-refractivity contribution in [2.75, 3.05) is 26.7 Å². The summed E-state index contributed by atoms with van der Waals surface area (Å²) in [5.41, 5.74) is 1.28. The van der Waals surface area contributed by atoms with Crippen LogP contribution in [0.15, 0.2) is 24.3 Å². The van der Waals surface area contributed by atoms with E-state index in [0.29, 0.717) is 12.0 Å². The summed E-state index contributed by atoms with van der Waals surface area (Å²) in [5, 5.41) is 3.29. The molecule has 0 aromatic heterocycles. The maximum absolute atomic E-state index is 12.7. The molecule has 2 rings (SSSR count). The smallest absolute Gasteiger partial charge is 0.263 e. The first-order chi connectivity index (χ1) is 10.2. The van der Waals surface area contributed by atoms with Gasteiger partial charge in [-0.1, -0.05) is 37.6 Å². The Morgan fingerprint density at radius 1 is 1.24 bits per heavy atom. The summed E-state index contributed by atoms with van der Waals surface area (Å²) in [6.45, 7) is 5.25. The van der Waals surface area contributed by atoms with E-state index in [1.54, 1.807) is 12.1 Å². The molecule has 1 N–H and O–H groups in total. The van der Waals surface area contributed by atoms with Gasteiger partial charge >= 0.3 is 0 Å². The standard InChI is InChI=1S/C17H26F2N2/c1-3-21-11-5-4-6-15(12-20-2)16(21)13-7-9-14(10-8-13)17(18)19/h7-10,15-17,20H,3-6,11-12H2,1-2H3. The van der Waals surface area contributed by atoms with Gasteiger partial charge in [0.25, 0.3) is 6.43 Å². The fourth-order valence-electron chi connectivity index (χ4n) is 3.47. The molecule has 1 saturated heterocycles. The molecule has 0 spiro atoms. The molecule has 0 saturated carbocycles. The summed E-state index contributed by atoms with van der Waals surface area (Å²) in [6, 6.07) is 7.27. The average molecular weight is 296 g/mol. The third-order valence-electron chi connectivity index (χ3n) is 4.51. The first kappa shape index (κ1) is 16.4. The summed E-state index contributed by atoms with van der Waals surface area (Å²) in [6.07, 6.45) is 1.27. The van der Waals surface area contributed by atoms with Crippen molar-refractivity contribution in [1.29, 1.82) is 0 Å². The molecule has 2 unspecified atom stereocenters. The third-order valence-corrected chi connectivity index (χ3v) is 4.51.